The number of carbonyl (C=O) groups is 4. The number of esters is 1. The Labute approximate surface area is 346 Å². The summed E-state index contributed by atoms with van der Waals surface area (Å²) >= 11 is 5.41. The first-order valence-corrected chi connectivity index (χ1v) is 20.6. The van der Waals surface area contributed by atoms with E-state index in [1.54, 1.807) is 46.9 Å². The molecule has 14 nitrogen and oxygen atoms in total. The van der Waals surface area contributed by atoms with E-state index in [1.165, 1.54) is 6.92 Å². The van der Waals surface area contributed by atoms with Gasteiger partial charge in [-0.15, -0.1) is 0 Å². The van der Waals surface area contributed by atoms with Crippen molar-refractivity contribution in [3.63, 3.8) is 0 Å². The first kappa shape index (κ1) is 45.1. The number of carbonyl (C=O) groups excluding carboxylic acids is 4. The molecule has 4 heterocycles. The Kier molecular flexibility index (Phi) is 14.4. The Morgan fingerprint density at radius 2 is 1.81 bits per heavy atom. The number of nitrogens with zero attached hydrogens (tertiary/aromatic N) is 2. The topological polar surface area (TPSA) is 175 Å². The summed E-state index contributed by atoms with van der Waals surface area (Å²) in [5.74, 6) is -5.45. The minimum atomic E-state index is -1.70. The lowest BCUT2D eigenvalue weighted by molar-refractivity contribution is -0.292. The van der Waals surface area contributed by atoms with Crippen molar-refractivity contribution in [2.45, 2.75) is 129 Å². The molecule has 15 heteroatoms. The van der Waals surface area contributed by atoms with Gasteiger partial charge in [-0.25, -0.2) is 4.79 Å². The smallest absolute Gasteiger partial charge is 0.408 e. The van der Waals surface area contributed by atoms with Crippen LogP contribution in [-0.2, 0) is 38.1 Å². The maximum atomic E-state index is 14.5. The molecule has 5 rings (SSSR count). The Morgan fingerprint density at radius 1 is 1.10 bits per heavy atom. The average molecular weight is 825 g/mol. The fourth-order valence-electron chi connectivity index (χ4n) is 8.85. The summed E-state index contributed by atoms with van der Waals surface area (Å²) in [6.07, 6.45) is 0.297. The number of benzene rings is 1. The van der Waals surface area contributed by atoms with Crippen molar-refractivity contribution < 1.29 is 48.0 Å². The van der Waals surface area contributed by atoms with E-state index in [4.69, 9.17) is 35.9 Å². The maximum Gasteiger partial charge on any atom is 0.408 e. The van der Waals surface area contributed by atoms with E-state index in [-0.39, 0.29) is 36.1 Å². The maximum absolute atomic E-state index is 14.5. The highest BCUT2D eigenvalue weighted by Crippen LogP contribution is 2.40. The number of pyridine rings is 1. The first-order chi connectivity index (χ1) is 27.3. The molecule has 3 saturated heterocycles. The van der Waals surface area contributed by atoms with Gasteiger partial charge in [-0.1, -0.05) is 58.0 Å². The number of aliphatic hydroxyl groups is 1. The molecule has 3 aliphatic rings. The molecule has 1 amide bonds. The summed E-state index contributed by atoms with van der Waals surface area (Å²) in [6, 6.07) is 8.68. The number of aromatic nitrogens is 1. The van der Waals surface area contributed by atoms with Crippen LogP contribution in [0.5, 0.6) is 0 Å². The highest BCUT2D eigenvalue weighted by Gasteiger charge is 2.57. The SMILES string of the molecule is CC[C@H]1OC(=O)[C@H](C)C(=O)[C@H](C)[C@@H](O[C@@H]2O[C@H](C)C[C@H](N(C)C)[C@H]2O)[C@](C)(OC(=O)NCC=Cc2cnc3ccccc3c2)C[C@@H](C)C(=O)[C@H](C)[C@H]2NC(=S)O[C@@]21C. The number of alkyl carbamates (subject to hydrolysis) is 1. The molecule has 1 aromatic carbocycles. The van der Waals surface area contributed by atoms with E-state index in [1.807, 2.05) is 69.3 Å². The minimum Gasteiger partial charge on any atom is -0.459 e. The van der Waals surface area contributed by atoms with Crippen molar-refractivity contribution in [2.75, 3.05) is 20.6 Å². The molecular weight excluding hydrogens is 765 g/mol. The lowest BCUT2D eigenvalue weighted by Crippen LogP contribution is -2.60. The predicted octanol–water partition coefficient (Wildman–Crippen LogP) is 4.98. The van der Waals surface area contributed by atoms with Crippen LogP contribution in [0.1, 0.15) is 80.2 Å². The fourth-order valence-corrected chi connectivity index (χ4v) is 9.16. The number of ketones is 2. The number of amides is 1. The molecule has 318 valence electrons. The van der Waals surface area contributed by atoms with E-state index in [0.717, 1.165) is 16.5 Å². The zero-order chi connectivity index (χ0) is 42.7. The fraction of sp³-hybridized carbons (Fsp3) is 0.628. The van der Waals surface area contributed by atoms with Gasteiger partial charge in [-0.2, -0.15) is 0 Å². The van der Waals surface area contributed by atoms with Gasteiger partial charge in [0.2, 0.25) is 0 Å². The molecule has 3 aliphatic heterocycles. The number of likely N-dealkylation sites (N-methyl/N-ethyl adjacent to an activating group) is 1. The number of hydrogen-bond donors (Lipinski definition) is 3. The van der Waals surface area contributed by atoms with Crippen LogP contribution in [0.15, 0.2) is 42.6 Å². The van der Waals surface area contributed by atoms with Crippen LogP contribution in [0.2, 0.25) is 0 Å². The monoisotopic (exact) mass is 824 g/mol. The number of rotatable bonds is 8. The van der Waals surface area contributed by atoms with Crippen LogP contribution in [0.3, 0.4) is 0 Å². The van der Waals surface area contributed by atoms with E-state index >= 15 is 0 Å². The molecule has 13 atom stereocenters. The molecule has 3 N–H and O–H groups in total. The van der Waals surface area contributed by atoms with E-state index in [9.17, 15) is 24.3 Å². The van der Waals surface area contributed by atoms with Crippen LogP contribution < -0.4 is 10.6 Å². The van der Waals surface area contributed by atoms with Gasteiger partial charge in [-0.05, 0) is 91.0 Å². The number of para-hydroxylation sites is 1. The van der Waals surface area contributed by atoms with Crippen molar-refractivity contribution in [3.8, 4) is 0 Å². The van der Waals surface area contributed by atoms with Crippen molar-refractivity contribution in [3.05, 3.63) is 48.2 Å². The molecule has 3 fully saturated rings. The number of ether oxygens (including phenoxy) is 5. The third kappa shape index (κ3) is 9.71. The molecule has 0 spiro atoms. The number of thiocarbonyl (C=S) groups is 1. The number of nitrogens with one attached hydrogen (secondary N) is 2. The summed E-state index contributed by atoms with van der Waals surface area (Å²) in [4.78, 5) is 63.0. The second kappa shape index (κ2) is 18.5. The van der Waals surface area contributed by atoms with E-state index in [0.29, 0.717) is 12.8 Å². The van der Waals surface area contributed by atoms with Gasteiger partial charge < -0.3 is 44.3 Å². The van der Waals surface area contributed by atoms with Gasteiger partial charge in [-0.3, -0.25) is 19.4 Å². The van der Waals surface area contributed by atoms with Crippen LogP contribution in [0, 0.1) is 23.7 Å². The lowest BCUT2D eigenvalue weighted by Gasteiger charge is -2.47. The molecule has 2 aromatic rings. The van der Waals surface area contributed by atoms with Gasteiger partial charge >= 0.3 is 12.1 Å². The average Bonchev–Trinajstić information content (AvgIpc) is 3.50. The summed E-state index contributed by atoms with van der Waals surface area (Å²) in [7, 11) is 3.68. The first-order valence-electron chi connectivity index (χ1n) is 20.2. The van der Waals surface area contributed by atoms with Crippen LogP contribution in [0.4, 0.5) is 4.79 Å². The van der Waals surface area contributed by atoms with Crippen LogP contribution in [-0.4, -0.2) is 118 Å². The summed E-state index contributed by atoms with van der Waals surface area (Å²) in [5, 5.41) is 18.5. The highest BCUT2D eigenvalue weighted by molar-refractivity contribution is 7.80. The molecular formula is C43H60N4O10S. The lowest BCUT2D eigenvalue weighted by atomic mass is 9.73. The highest BCUT2D eigenvalue weighted by atomic mass is 32.1. The Bertz CT molecular complexity index is 1880. The second-order valence-corrected chi connectivity index (χ2v) is 17.2. The molecule has 0 radical (unpaired) electrons. The summed E-state index contributed by atoms with van der Waals surface area (Å²) < 4.78 is 31.2. The van der Waals surface area contributed by atoms with Gasteiger partial charge in [0.1, 0.15) is 35.6 Å². The molecule has 0 saturated carbocycles. The number of hydrogen-bond acceptors (Lipinski definition) is 13. The summed E-state index contributed by atoms with van der Waals surface area (Å²) in [5.41, 5.74) is -1.23. The standard InChI is InChI=1S/C43H60N4O10S/c1-11-32-43(8)36(46-41(58)57-43)25(4)33(48)23(2)21-42(7,56-40(52)44-18-14-15-28-20-29-16-12-13-17-30(29)45-22-28)37(26(5)34(49)27(6)38(51)54-32)55-39-35(50)31(47(9)10)19-24(3)53-39/h12-17,20,22-27,31-32,35-37,39,50H,11,18-19,21H2,1-10H3,(H,44,52)(H,46,58)/t23-,24-,25+,26+,27-,31+,32-,35-,36-,37-,39+,42-,43-/m1/s1. The molecule has 0 unspecified atom stereocenters. The van der Waals surface area contributed by atoms with Crippen molar-refractivity contribution >= 4 is 58.0 Å². The van der Waals surface area contributed by atoms with Crippen molar-refractivity contribution in [1.29, 1.82) is 0 Å². The molecule has 0 aliphatic carbocycles. The van der Waals surface area contributed by atoms with Gasteiger partial charge in [0.25, 0.3) is 5.17 Å². The Balaban J connectivity index is 1.51. The number of cyclic esters (lactones) is 1. The van der Waals surface area contributed by atoms with Gasteiger partial charge in [0, 0.05) is 41.9 Å². The zero-order valence-electron chi connectivity index (χ0n) is 35.2. The van der Waals surface area contributed by atoms with E-state index in [2.05, 4.69) is 15.6 Å². The molecule has 0 bridgehead atoms. The van der Waals surface area contributed by atoms with Crippen molar-refractivity contribution in [1.82, 2.24) is 20.5 Å². The second-order valence-electron chi connectivity index (χ2n) is 16.8. The predicted molar refractivity (Wildman–Crippen MR) is 221 cm³/mol. The van der Waals surface area contributed by atoms with Crippen LogP contribution >= 0.6 is 12.2 Å². The Hall–Kier alpha value is -4.02. The van der Waals surface area contributed by atoms with Crippen molar-refractivity contribution in [2.24, 2.45) is 23.7 Å². The van der Waals surface area contributed by atoms with Crippen LogP contribution in [0.25, 0.3) is 17.0 Å². The largest absolute Gasteiger partial charge is 0.459 e. The minimum absolute atomic E-state index is 0.0666. The molecule has 1 aromatic heterocycles. The number of fused-ring (bicyclic) bond motifs is 2. The third-order valence-corrected chi connectivity index (χ3v) is 12.3. The quantitative estimate of drug-likeness (QED) is 0.185. The normalized spacial score (nSPS) is 36.5. The molecule has 58 heavy (non-hydrogen) atoms. The van der Waals surface area contributed by atoms with Gasteiger partial charge in [0.15, 0.2) is 17.7 Å². The number of Topliss-reactive ketones (excluding diaryl/α,β-unsaturated/α-hetero) is 2. The Morgan fingerprint density at radius 3 is 2.50 bits per heavy atom. The zero-order valence-corrected chi connectivity index (χ0v) is 36.0. The van der Waals surface area contributed by atoms with E-state index < -0.39 is 83.4 Å². The number of aliphatic hydroxyl groups excluding tert-OH is 1. The van der Waals surface area contributed by atoms with Gasteiger partial charge in [0.05, 0.1) is 17.7 Å². The third-order valence-electron chi connectivity index (χ3n) is 12.1. The summed E-state index contributed by atoms with van der Waals surface area (Å²) in [6.45, 7) is 13.6.